The van der Waals surface area contributed by atoms with Crippen LogP contribution in [0.4, 0.5) is 13.2 Å². The molecule has 7 nitrogen and oxygen atoms in total. The maximum absolute atomic E-state index is 12.7. The van der Waals surface area contributed by atoms with Crippen molar-refractivity contribution in [1.29, 1.82) is 0 Å². The van der Waals surface area contributed by atoms with Gasteiger partial charge < -0.3 is 26.6 Å². The number of hydrogen-bond acceptors (Lipinski definition) is 7. The minimum atomic E-state index is -5.21. The Morgan fingerprint density at radius 1 is 0.560 bits per heavy atom. The van der Waals surface area contributed by atoms with Crippen LogP contribution in [-0.4, -0.2) is 42.9 Å². The molecule has 75 heavy (non-hydrogen) atoms. The molecule has 0 saturated heterocycles. The van der Waals surface area contributed by atoms with E-state index in [0.29, 0.717) is 10.7 Å². The van der Waals surface area contributed by atoms with E-state index in [2.05, 4.69) is 220 Å². The first-order valence-electron chi connectivity index (χ1n) is 20.8. The molecule has 9 rings (SSSR count). The van der Waals surface area contributed by atoms with Gasteiger partial charge in [0.1, 0.15) is 0 Å². The number of alkyl halides is 3. The first kappa shape index (κ1) is 66.6. The lowest BCUT2D eigenvalue weighted by atomic mass is 10.2. The van der Waals surface area contributed by atoms with Gasteiger partial charge in [-0.1, -0.05) is 112 Å². The van der Waals surface area contributed by atoms with Crippen molar-refractivity contribution in [2.24, 2.45) is 0 Å². The zero-order valence-corrected chi connectivity index (χ0v) is 53.1. The third kappa shape index (κ3) is 19.0. The second kappa shape index (κ2) is 31.2. The SMILES string of the molecule is C.C.O=C(OC(CS(=O)(=O)[O-])C(F)(F)F)c1cc(I)cc(I)c1I.O=C([O-])c1cc(I)cc(I)c1I.[CH3-].c1ccc(-[s+]2c3ccccc3c3ccccc32)cc1.c1ccc([S+](c2ccccc2)c2ccccc2)cc1. The Labute approximate surface area is 524 Å². The molecule has 8 aromatic carbocycles. The number of carbonyl (C=O) groups is 2. The molecule has 394 valence electrons. The van der Waals surface area contributed by atoms with E-state index in [1.807, 2.05) is 73.8 Å². The summed E-state index contributed by atoms with van der Waals surface area (Å²) in [7, 11) is -5.17. The first-order valence-corrected chi connectivity index (χ1v) is 31.3. The number of benzene rings is 8. The minimum absolute atomic E-state index is 0. The molecule has 0 N–H and O–H groups in total. The number of esters is 1. The maximum atomic E-state index is 12.7. The monoisotopic (exact) mass is 1740 g/mol. The number of hydrogen-bond donors (Lipinski definition) is 0. The van der Waals surface area contributed by atoms with Crippen LogP contribution in [0, 0.1) is 28.8 Å². The normalized spacial score (nSPS) is 11.1. The van der Waals surface area contributed by atoms with Gasteiger partial charge in [0, 0.05) is 48.2 Å². The summed E-state index contributed by atoms with van der Waals surface area (Å²) >= 11 is 11.7. The largest absolute Gasteiger partial charge is 0.748 e. The van der Waals surface area contributed by atoms with E-state index in [9.17, 15) is 40.8 Å². The van der Waals surface area contributed by atoms with Crippen molar-refractivity contribution in [2.75, 3.05) is 5.75 Å². The topological polar surface area (TPSA) is 124 Å². The summed E-state index contributed by atoms with van der Waals surface area (Å²) in [6, 6.07) is 67.1. The third-order valence-corrected chi connectivity index (χ3v) is 22.4. The fraction of sp³-hybridized carbons (Fsp3) is 0.0893. The molecule has 0 fully saturated rings. The summed E-state index contributed by atoms with van der Waals surface area (Å²) in [6.07, 6.45) is -8.16. The second-order valence-corrected chi connectivity index (χ2v) is 27.2. The third-order valence-electron chi connectivity index (χ3n) is 9.82. The number of rotatable bonds is 9. The van der Waals surface area contributed by atoms with Gasteiger partial charge in [-0.3, -0.25) is 0 Å². The predicted molar refractivity (Wildman–Crippen MR) is 350 cm³/mol. The summed E-state index contributed by atoms with van der Waals surface area (Å²) in [6.45, 7) is 0. The molecule has 0 spiro atoms. The number of thiophene rings is 1. The number of ether oxygens (including phenoxy) is 1. The lowest BCUT2D eigenvalue weighted by molar-refractivity contribution is -0.255. The molecule has 1 heterocycles. The van der Waals surface area contributed by atoms with Crippen molar-refractivity contribution in [1.82, 2.24) is 0 Å². The summed E-state index contributed by atoms with van der Waals surface area (Å²) in [5.74, 6) is -4.32. The van der Waals surface area contributed by atoms with Crippen molar-refractivity contribution in [3.05, 3.63) is 234 Å². The summed E-state index contributed by atoms with van der Waals surface area (Å²) in [5, 5.41) is 13.4. The highest BCUT2D eigenvalue weighted by Gasteiger charge is 2.44. The van der Waals surface area contributed by atoms with Crippen LogP contribution in [-0.2, 0) is 25.7 Å². The van der Waals surface area contributed by atoms with Gasteiger partial charge in [0.25, 0.3) is 0 Å². The van der Waals surface area contributed by atoms with E-state index < -0.39 is 40.1 Å². The van der Waals surface area contributed by atoms with Crippen molar-refractivity contribution in [2.45, 2.75) is 41.8 Å². The molecular weight excluding hydrogens is 1700 g/mol. The summed E-state index contributed by atoms with van der Waals surface area (Å²) < 4.78 is 81.0. The van der Waals surface area contributed by atoms with Crippen LogP contribution in [0.2, 0.25) is 0 Å². The van der Waals surface area contributed by atoms with Crippen LogP contribution in [0.25, 0.3) is 25.1 Å². The van der Waals surface area contributed by atoms with E-state index in [1.54, 1.807) is 34.7 Å². The second-order valence-electron chi connectivity index (χ2n) is 14.8. The number of halogens is 9. The molecule has 0 amide bonds. The molecule has 0 radical (unpaired) electrons. The van der Waals surface area contributed by atoms with Crippen LogP contribution in [0.1, 0.15) is 35.6 Å². The molecule has 0 aliphatic heterocycles. The summed E-state index contributed by atoms with van der Waals surface area (Å²) in [5.41, 5.74) is 0.140. The molecule has 0 aliphatic carbocycles. The van der Waals surface area contributed by atoms with Gasteiger partial charge in [0.2, 0.25) is 6.10 Å². The highest BCUT2D eigenvalue weighted by Crippen LogP contribution is 2.48. The minimum Gasteiger partial charge on any atom is -0.748 e. The van der Waals surface area contributed by atoms with Crippen LogP contribution in [0.3, 0.4) is 0 Å². The van der Waals surface area contributed by atoms with E-state index >= 15 is 0 Å². The molecular formula is C56H46F3I6O7S3-. The van der Waals surface area contributed by atoms with Crippen LogP contribution in [0.15, 0.2) is 209 Å². The highest BCUT2D eigenvalue weighted by atomic mass is 127. The van der Waals surface area contributed by atoms with Crippen molar-refractivity contribution in [3.8, 4) is 4.90 Å². The van der Waals surface area contributed by atoms with Crippen molar-refractivity contribution in [3.63, 3.8) is 0 Å². The summed E-state index contributed by atoms with van der Waals surface area (Å²) in [4.78, 5) is 28.0. The lowest BCUT2D eigenvalue weighted by Gasteiger charge is -2.22. The quantitative estimate of drug-likeness (QED) is 0.0352. The molecule has 9 aromatic rings. The molecule has 1 atom stereocenters. The van der Waals surface area contributed by atoms with Crippen LogP contribution >= 0.6 is 146 Å². The smallest absolute Gasteiger partial charge is 0.426 e. The van der Waals surface area contributed by atoms with Crippen LogP contribution in [0.5, 0.6) is 0 Å². The van der Waals surface area contributed by atoms with Gasteiger partial charge in [0.15, 0.2) is 29.0 Å². The van der Waals surface area contributed by atoms with Crippen LogP contribution < -0.4 is 5.11 Å². The Hall–Kier alpha value is -2.65. The first-order chi connectivity index (χ1) is 34.2. The molecule has 1 aromatic heterocycles. The number of aromatic carboxylic acids is 1. The zero-order chi connectivity index (χ0) is 52.2. The van der Waals surface area contributed by atoms with Gasteiger partial charge in [-0.05, 0) is 233 Å². The number of carbonyl (C=O) groups excluding carboxylic acids is 2. The highest BCUT2D eigenvalue weighted by molar-refractivity contribution is 14.1. The molecule has 19 heteroatoms. The number of carboxylic acid groups (broad SMARTS) is 1. The van der Waals surface area contributed by atoms with E-state index in [-0.39, 0.29) is 54.8 Å². The molecule has 0 bridgehead atoms. The molecule has 0 saturated carbocycles. The number of fused-ring (bicyclic) bond motifs is 3. The molecule has 1 unspecified atom stereocenters. The maximum Gasteiger partial charge on any atom is 0.426 e. The van der Waals surface area contributed by atoms with E-state index in [4.69, 9.17) is 0 Å². The Bertz CT molecular complexity index is 3260. The van der Waals surface area contributed by atoms with Gasteiger partial charge in [0.05, 0.1) is 38.3 Å². The van der Waals surface area contributed by atoms with Crippen molar-refractivity contribution >= 4 is 199 Å². The van der Waals surface area contributed by atoms with Gasteiger partial charge in [-0.15, -0.1) is 0 Å². The zero-order valence-electron chi connectivity index (χ0n) is 37.7. The van der Waals surface area contributed by atoms with Gasteiger partial charge in [-0.25, -0.2) is 13.2 Å². The average molecular weight is 1750 g/mol. The fourth-order valence-electron chi connectivity index (χ4n) is 6.72. The predicted octanol–water partition coefficient (Wildman–Crippen LogP) is 17.2. The Kier molecular flexibility index (Phi) is 27.7. The lowest BCUT2D eigenvalue weighted by Crippen LogP contribution is -2.39. The Balaban J connectivity index is 0.000000264. The van der Waals surface area contributed by atoms with E-state index in [1.165, 1.54) is 45.8 Å². The average Bonchev–Trinajstić information content (AvgIpc) is 3.69. The molecule has 0 aliphatic rings. The fourth-order valence-corrected chi connectivity index (χ4v) is 16.6. The van der Waals surface area contributed by atoms with Gasteiger partial charge in [-0.2, -0.15) is 13.2 Å². The Morgan fingerprint density at radius 3 is 1.28 bits per heavy atom. The standard InChI is InChI=1S/C18H13S.C18H15S.C10H6F3I3O5S.C7H3I3O2.2CH4.CH3/c1-2-8-14(9-3-1)19-17-12-6-4-10-15(17)16-11-5-7-13-18(16)19;1-4-10-16(11-5-1)19(17-12-6-2-7-13-17)18-14-8-3-9-15-18;11-10(12,13)7(3-22(18,19)20)21-9(17)5-1-4(14)2-6(15)8(5)16;8-3-1-4(7(11)12)6(10)5(9)2-3;;;/h1-13H;1-15H;1-2,7H,3H2,(H,18,19,20);1-2H,(H,11,12);2*1H4;1H3/q2*+1;;;;;-1/p-2. The van der Waals surface area contributed by atoms with Crippen molar-refractivity contribution < 1.29 is 45.6 Å². The number of carboxylic acids is 1. The van der Waals surface area contributed by atoms with Gasteiger partial charge >= 0.3 is 12.1 Å². The Morgan fingerprint density at radius 2 is 0.907 bits per heavy atom. The van der Waals surface area contributed by atoms with E-state index in [0.717, 1.165) is 10.7 Å².